The van der Waals surface area contributed by atoms with Gasteiger partial charge in [0.05, 0.1) is 0 Å². The summed E-state index contributed by atoms with van der Waals surface area (Å²) in [6, 6.07) is 0. The largest absolute Gasteiger partial charge is 0.396 e. The molecule has 0 heterocycles. The number of aliphatic hydroxyl groups excluding tert-OH is 1. The van der Waals surface area contributed by atoms with E-state index < -0.39 is 0 Å². The van der Waals surface area contributed by atoms with Crippen LogP contribution >= 0.6 is 0 Å². The molecule has 0 rings (SSSR count). The second-order valence-corrected chi connectivity index (χ2v) is 13.3. The van der Waals surface area contributed by atoms with Crippen LogP contribution < -0.4 is 0 Å². The summed E-state index contributed by atoms with van der Waals surface area (Å²) in [6.45, 7) is 4.30. The van der Waals surface area contributed by atoms with Crippen LogP contribution in [0.15, 0.2) is 0 Å². The molecule has 1 nitrogen and oxygen atoms in total. The third-order valence-corrected chi connectivity index (χ3v) is 9.16. The van der Waals surface area contributed by atoms with Gasteiger partial charge in [-0.2, -0.15) is 0 Å². The summed E-state index contributed by atoms with van der Waals surface area (Å²) in [5.41, 5.74) is 0. The third kappa shape index (κ3) is 38.0. The average molecular weight is 564 g/mol. The Morgan fingerprint density at radius 1 is 0.200 bits per heavy atom. The second kappa shape index (κ2) is 39.0. The van der Waals surface area contributed by atoms with Crippen molar-refractivity contribution in [1.82, 2.24) is 0 Å². The van der Waals surface area contributed by atoms with Gasteiger partial charge in [0.15, 0.2) is 0 Å². The fourth-order valence-electron chi connectivity index (χ4n) is 6.30. The van der Waals surface area contributed by atoms with Crippen molar-refractivity contribution in [3.05, 3.63) is 6.92 Å². The summed E-state index contributed by atoms with van der Waals surface area (Å²) in [4.78, 5) is 0. The number of unbranched alkanes of at least 4 members (excludes halogenated alkanes) is 36. The molecule has 0 aromatic carbocycles. The normalized spacial score (nSPS) is 11.6. The van der Waals surface area contributed by atoms with Gasteiger partial charge in [-0.3, -0.25) is 0 Å². The first-order valence-electron chi connectivity index (χ1n) is 19.3. The Morgan fingerprint density at radius 2 is 0.325 bits per heavy atom. The minimum atomic E-state index is 0.374. The molecule has 0 aliphatic rings. The number of hydrogen-bond donors (Lipinski definition) is 1. The molecule has 0 spiro atoms. The van der Waals surface area contributed by atoms with Crippen molar-refractivity contribution < 1.29 is 5.11 Å². The molecule has 0 fully saturated rings. The highest BCUT2D eigenvalue weighted by Crippen LogP contribution is 2.17. The zero-order valence-corrected chi connectivity index (χ0v) is 28.0. The van der Waals surface area contributed by atoms with Gasteiger partial charge in [0.25, 0.3) is 0 Å². The molecule has 0 aromatic rings. The Bertz CT molecular complexity index is 368. The standard InChI is InChI=1S/C39H79O/c1-2-3-4-5-6-7-8-9-10-11-12-13-14-15-16-17-18-19-20-21-22-23-24-25-26-27-28-29-30-31-32-33-34-35-36-37-38-39-40/h40H,1-39H2. The molecule has 241 valence electrons. The van der Waals surface area contributed by atoms with E-state index >= 15 is 0 Å². The fraction of sp³-hybridized carbons (Fsp3) is 0.974. The van der Waals surface area contributed by atoms with E-state index in [0.717, 1.165) is 12.8 Å². The molecule has 0 aliphatic carbocycles. The topological polar surface area (TPSA) is 20.2 Å². The van der Waals surface area contributed by atoms with E-state index in [1.807, 2.05) is 0 Å². The fourth-order valence-corrected chi connectivity index (χ4v) is 6.30. The Morgan fingerprint density at radius 3 is 0.450 bits per heavy atom. The first-order chi connectivity index (χ1) is 19.9. The molecule has 0 saturated carbocycles. The molecule has 1 radical (unpaired) electrons. The molecule has 0 unspecified atom stereocenters. The van der Waals surface area contributed by atoms with Crippen LogP contribution in [0.1, 0.15) is 238 Å². The quantitative estimate of drug-likeness (QED) is 0.0745. The van der Waals surface area contributed by atoms with Crippen LogP contribution in [0.25, 0.3) is 0 Å². The van der Waals surface area contributed by atoms with E-state index in [2.05, 4.69) is 6.92 Å². The summed E-state index contributed by atoms with van der Waals surface area (Å²) < 4.78 is 0. The lowest BCUT2D eigenvalue weighted by Crippen LogP contribution is -1.85. The van der Waals surface area contributed by atoms with Crippen molar-refractivity contribution in [2.24, 2.45) is 0 Å². The van der Waals surface area contributed by atoms with Gasteiger partial charge in [0, 0.05) is 6.61 Å². The lowest BCUT2D eigenvalue weighted by molar-refractivity contribution is 0.282. The lowest BCUT2D eigenvalue weighted by Gasteiger charge is -2.05. The highest BCUT2D eigenvalue weighted by atomic mass is 16.2. The van der Waals surface area contributed by atoms with Crippen LogP contribution in [0.5, 0.6) is 0 Å². The molecule has 1 N–H and O–H groups in total. The Hall–Kier alpha value is -0.0400. The molecule has 0 saturated heterocycles. The van der Waals surface area contributed by atoms with Gasteiger partial charge in [-0.25, -0.2) is 0 Å². The predicted molar refractivity (Wildman–Crippen MR) is 183 cm³/mol. The summed E-state index contributed by atoms with van der Waals surface area (Å²) in [6.07, 6.45) is 52.9. The van der Waals surface area contributed by atoms with E-state index in [-0.39, 0.29) is 0 Å². The van der Waals surface area contributed by atoms with E-state index in [9.17, 15) is 0 Å². The second-order valence-electron chi connectivity index (χ2n) is 13.3. The van der Waals surface area contributed by atoms with Gasteiger partial charge in [-0.05, 0) is 6.42 Å². The van der Waals surface area contributed by atoms with Gasteiger partial charge in [0.1, 0.15) is 0 Å². The van der Waals surface area contributed by atoms with Gasteiger partial charge in [-0.1, -0.05) is 238 Å². The predicted octanol–water partition coefficient (Wildman–Crippen LogP) is 14.2. The van der Waals surface area contributed by atoms with E-state index in [0.29, 0.717) is 6.61 Å². The smallest absolute Gasteiger partial charge is 0.0431 e. The van der Waals surface area contributed by atoms with Crippen molar-refractivity contribution in [2.45, 2.75) is 238 Å². The van der Waals surface area contributed by atoms with Crippen molar-refractivity contribution in [3.8, 4) is 0 Å². The molecular formula is C39H79O. The lowest BCUT2D eigenvalue weighted by atomic mass is 10.0. The van der Waals surface area contributed by atoms with Crippen LogP contribution in [-0.4, -0.2) is 11.7 Å². The van der Waals surface area contributed by atoms with E-state index in [1.54, 1.807) is 0 Å². The minimum absolute atomic E-state index is 0.374. The first-order valence-corrected chi connectivity index (χ1v) is 19.3. The molecular weight excluding hydrogens is 484 g/mol. The number of aliphatic hydroxyl groups is 1. The molecule has 0 atom stereocenters. The summed E-state index contributed by atoms with van der Waals surface area (Å²) in [5, 5.41) is 8.79. The van der Waals surface area contributed by atoms with Crippen molar-refractivity contribution >= 4 is 0 Å². The first kappa shape index (κ1) is 40.0. The Balaban J connectivity index is 3.01. The molecule has 0 amide bonds. The maximum absolute atomic E-state index is 8.79. The minimum Gasteiger partial charge on any atom is -0.396 e. The molecule has 0 aromatic heterocycles. The molecule has 0 aliphatic heterocycles. The van der Waals surface area contributed by atoms with Gasteiger partial charge >= 0.3 is 0 Å². The average Bonchev–Trinajstić information content (AvgIpc) is 2.97. The van der Waals surface area contributed by atoms with Gasteiger partial charge < -0.3 is 5.11 Å². The third-order valence-electron chi connectivity index (χ3n) is 9.16. The number of hydrogen-bond acceptors (Lipinski definition) is 1. The Kier molecular flexibility index (Phi) is 38.9. The monoisotopic (exact) mass is 564 g/mol. The van der Waals surface area contributed by atoms with Crippen molar-refractivity contribution in [1.29, 1.82) is 0 Å². The maximum atomic E-state index is 8.79. The van der Waals surface area contributed by atoms with Crippen molar-refractivity contribution in [3.63, 3.8) is 0 Å². The van der Waals surface area contributed by atoms with Crippen LogP contribution in [0, 0.1) is 6.92 Å². The highest BCUT2D eigenvalue weighted by molar-refractivity contribution is 4.53. The highest BCUT2D eigenvalue weighted by Gasteiger charge is 1.97. The molecule has 1 heteroatoms. The van der Waals surface area contributed by atoms with Gasteiger partial charge in [0.2, 0.25) is 0 Å². The van der Waals surface area contributed by atoms with Crippen LogP contribution in [0.3, 0.4) is 0 Å². The summed E-state index contributed by atoms with van der Waals surface area (Å²) >= 11 is 0. The summed E-state index contributed by atoms with van der Waals surface area (Å²) in [5.74, 6) is 0. The van der Waals surface area contributed by atoms with Crippen molar-refractivity contribution in [2.75, 3.05) is 6.61 Å². The van der Waals surface area contributed by atoms with Gasteiger partial charge in [-0.15, -0.1) is 0 Å². The zero-order chi connectivity index (χ0) is 28.9. The summed E-state index contributed by atoms with van der Waals surface area (Å²) in [7, 11) is 0. The van der Waals surface area contributed by atoms with Crippen LogP contribution in [-0.2, 0) is 0 Å². The maximum Gasteiger partial charge on any atom is 0.0431 e. The van der Waals surface area contributed by atoms with Crippen LogP contribution in [0.2, 0.25) is 0 Å². The Labute approximate surface area is 255 Å². The molecule has 0 bridgehead atoms. The van der Waals surface area contributed by atoms with E-state index in [1.165, 1.54) is 225 Å². The number of rotatable bonds is 37. The van der Waals surface area contributed by atoms with E-state index in [4.69, 9.17) is 5.11 Å². The SMILES string of the molecule is [CH2]CCCCCCCCCCCCCCCCCCCCCCCCCCCCCCCCCCCCCCO. The van der Waals surface area contributed by atoms with Crippen LogP contribution in [0.4, 0.5) is 0 Å². The zero-order valence-electron chi connectivity index (χ0n) is 28.0. The molecule has 40 heavy (non-hydrogen) atoms.